The molecule has 0 spiro atoms. The predicted octanol–water partition coefficient (Wildman–Crippen LogP) is 3.80. The smallest absolute Gasteiger partial charge is 0.0664 e. The lowest BCUT2D eigenvalue weighted by Crippen LogP contribution is -2.03. The largest absolute Gasteiger partial charge is 0.399 e. The third-order valence-electron chi connectivity index (χ3n) is 3.84. The molecule has 0 fully saturated rings. The molecule has 21 heavy (non-hydrogen) atoms. The number of hydrogen-bond acceptors (Lipinski definition) is 2. The number of aromatic nitrogens is 2. The summed E-state index contributed by atoms with van der Waals surface area (Å²) in [7, 11) is 0. The second-order valence-electron chi connectivity index (χ2n) is 5.42. The molecule has 0 aliphatic rings. The summed E-state index contributed by atoms with van der Waals surface area (Å²) in [5, 5.41) is 4.48. The van der Waals surface area contributed by atoms with Crippen LogP contribution in [0.5, 0.6) is 0 Å². The van der Waals surface area contributed by atoms with Gasteiger partial charge in [-0.05, 0) is 48.2 Å². The van der Waals surface area contributed by atoms with Crippen molar-refractivity contribution in [1.82, 2.24) is 9.78 Å². The van der Waals surface area contributed by atoms with Crippen molar-refractivity contribution < 1.29 is 0 Å². The van der Waals surface area contributed by atoms with E-state index in [1.807, 2.05) is 35.1 Å². The van der Waals surface area contributed by atoms with Crippen molar-refractivity contribution in [3.05, 3.63) is 71.5 Å². The molecule has 3 rings (SSSR count). The highest BCUT2D eigenvalue weighted by atomic mass is 15.3. The zero-order chi connectivity index (χ0) is 14.8. The van der Waals surface area contributed by atoms with E-state index in [2.05, 4.69) is 43.3 Å². The van der Waals surface area contributed by atoms with Gasteiger partial charge < -0.3 is 5.73 Å². The number of nitrogen functional groups attached to an aromatic ring is 1. The van der Waals surface area contributed by atoms with Crippen LogP contribution < -0.4 is 5.73 Å². The van der Waals surface area contributed by atoms with Crippen molar-refractivity contribution >= 4 is 5.69 Å². The van der Waals surface area contributed by atoms with E-state index < -0.39 is 0 Å². The van der Waals surface area contributed by atoms with Crippen molar-refractivity contribution in [2.45, 2.75) is 20.4 Å². The van der Waals surface area contributed by atoms with Gasteiger partial charge in [0.05, 0.1) is 12.7 Å². The Morgan fingerprint density at radius 1 is 0.952 bits per heavy atom. The number of aryl methyl sites for hydroxylation is 2. The van der Waals surface area contributed by atoms with Crippen LogP contribution in [0.2, 0.25) is 0 Å². The van der Waals surface area contributed by atoms with Crippen LogP contribution >= 0.6 is 0 Å². The van der Waals surface area contributed by atoms with Gasteiger partial charge >= 0.3 is 0 Å². The second kappa shape index (κ2) is 5.44. The third-order valence-corrected chi connectivity index (χ3v) is 3.84. The van der Waals surface area contributed by atoms with Gasteiger partial charge in [-0.3, -0.25) is 4.68 Å². The molecule has 3 aromatic rings. The fraction of sp³-hybridized carbons (Fsp3) is 0.167. The van der Waals surface area contributed by atoms with E-state index >= 15 is 0 Å². The van der Waals surface area contributed by atoms with Crippen LogP contribution in [-0.4, -0.2) is 9.78 Å². The maximum atomic E-state index is 5.72. The summed E-state index contributed by atoms with van der Waals surface area (Å²) in [5.74, 6) is 0. The molecular formula is C18H19N3. The Hall–Kier alpha value is -2.55. The summed E-state index contributed by atoms with van der Waals surface area (Å²) in [6.45, 7) is 5.09. The first-order chi connectivity index (χ1) is 10.1. The van der Waals surface area contributed by atoms with Crippen LogP contribution in [0.1, 0.15) is 16.7 Å². The maximum absolute atomic E-state index is 5.72. The predicted molar refractivity (Wildman–Crippen MR) is 87.1 cm³/mol. The summed E-state index contributed by atoms with van der Waals surface area (Å²) < 4.78 is 1.99. The second-order valence-corrected chi connectivity index (χ2v) is 5.42. The monoisotopic (exact) mass is 277 g/mol. The lowest BCUT2D eigenvalue weighted by Gasteiger charge is -2.09. The van der Waals surface area contributed by atoms with Crippen LogP contribution in [0.4, 0.5) is 5.69 Å². The average molecular weight is 277 g/mol. The van der Waals surface area contributed by atoms with Crippen LogP contribution in [0.25, 0.3) is 11.1 Å². The highest BCUT2D eigenvalue weighted by Gasteiger charge is 2.06. The van der Waals surface area contributed by atoms with Gasteiger partial charge in [0, 0.05) is 17.4 Å². The molecule has 0 atom stereocenters. The molecule has 0 radical (unpaired) electrons. The molecule has 1 aromatic heterocycles. The van der Waals surface area contributed by atoms with E-state index in [0.29, 0.717) is 0 Å². The van der Waals surface area contributed by atoms with E-state index in [1.54, 1.807) is 0 Å². The minimum Gasteiger partial charge on any atom is -0.399 e. The normalized spacial score (nSPS) is 10.8. The highest BCUT2D eigenvalue weighted by Crippen LogP contribution is 2.21. The summed E-state index contributed by atoms with van der Waals surface area (Å²) >= 11 is 0. The lowest BCUT2D eigenvalue weighted by atomic mass is 10.0. The Morgan fingerprint density at radius 2 is 1.62 bits per heavy atom. The van der Waals surface area contributed by atoms with Crippen molar-refractivity contribution in [3.63, 3.8) is 0 Å². The summed E-state index contributed by atoms with van der Waals surface area (Å²) in [6.07, 6.45) is 3.98. The average Bonchev–Trinajstić information content (AvgIpc) is 2.92. The van der Waals surface area contributed by atoms with E-state index in [4.69, 9.17) is 5.73 Å². The first kappa shape index (κ1) is 13.4. The summed E-state index contributed by atoms with van der Waals surface area (Å²) in [5.41, 5.74) is 12.7. The van der Waals surface area contributed by atoms with Gasteiger partial charge in [-0.25, -0.2) is 0 Å². The van der Waals surface area contributed by atoms with Gasteiger partial charge in [0.1, 0.15) is 0 Å². The van der Waals surface area contributed by atoms with E-state index in [1.165, 1.54) is 16.7 Å². The standard InChI is InChI=1S/C18H19N3/c1-13-4-3-5-14(2)18(13)12-21-11-16(10-20-21)15-6-8-17(19)9-7-15/h3-11H,12,19H2,1-2H3. The van der Waals surface area contributed by atoms with Gasteiger partial charge in [0.2, 0.25) is 0 Å². The SMILES string of the molecule is Cc1cccc(C)c1Cn1cc(-c2ccc(N)cc2)cn1. The van der Waals surface area contributed by atoms with Crippen LogP contribution in [0.15, 0.2) is 54.9 Å². The molecule has 0 saturated heterocycles. The molecule has 2 aromatic carbocycles. The van der Waals surface area contributed by atoms with Gasteiger partial charge in [-0.15, -0.1) is 0 Å². The number of hydrogen-bond donors (Lipinski definition) is 1. The zero-order valence-electron chi connectivity index (χ0n) is 12.4. The van der Waals surface area contributed by atoms with E-state index in [9.17, 15) is 0 Å². The van der Waals surface area contributed by atoms with E-state index in [-0.39, 0.29) is 0 Å². The number of benzene rings is 2. The molecule has 2 N–H and O–H groups in total. The minimum absolute atomic E-state index is 0.779. The van der Waals surface area contributed by atoms with Crippen molar-refractivity contribution in [1.29, 1.82) is 0 Å². The van der Waals surface area contributed by atoms with E-state index in [0.717, 1.165) is 23.4 Å². The van der Waals surface area contributed by atoms with Gasteiger partial charge in [0.25, 0.3) is 0 Å². The van der Waals surface area contributed by atoms with Crippen molar-refractivity contribution in [2.75, 3.05) is 5.73 Å². The summed E-state index contributed by atoms with van der Waals surface area (Å²) in [4.78, 5) is 0. The molecule has 0 aliphatic heterocycles. The first-order valence-corrected chi connectivity index (χ1v) is 7.07. The number of nitrogens with zero attached hydrogens (tertiary/aromatic N) is 2. The summed E-state index contributed by atoms with van der Waals surface area (Å²) in [6, 6.07) is 14.3. The van der Waals surface area contributed by atoms with Gasteiger partial charge in [0.15, 0.2) is 0 Å². The fourth-order valence-corrected chi connectivity index (χ4v) is 2.54. The first-order valence-electron chi connectivity index (χ1n) is 7.07. The fourth-order valence-electron chi connectivity index (χ4n) is 2.54. The molecule has 0 saturated carbocycles. The quantitative estimate of drug-likeness (QED) is 0.740. The number of nitrogens with two attached hydrogens (primary N) is 1. The molecule has 0 amide bonds. The van der Waals surface area contributed by atoms with Gasteiger partial charge in [-0.2, -0.15) is 5.10 Å². The number of anilines is 1. The van der Waals surface area contributed by atoms with Gasteiger partial charge in [-0.1, -0.05) is 30.3 Å². The molecule has 0 aliphatic carbocycles. The third kappa shape index (κ3) is 2.82. The Morgan fingerprint density at radius 3 is 2.29 bits per heavy atom. The molecule has 0 bridgehead atoms. The Balaban J connectivity index is 1.87. The van der Waals surface area contributed by atoms with Crippen LogP contribution in [0, 0.1) is 13.8 Å². The molecular weight excluding hydrogens is 258 g/mol. The molecule has 0 unspecified atom stereocenters. The molecule has 1 heterocycles. The molecule has 3 heteroatoms. The van der Waals surface area contributed by atoms with Crippen molar-refractivity contribution in [3.8, 4) is 11.1 Å². The van der Waals surface area contributed by atoms with Crippen LogP contribution in [0.3, 0.4) is 0 Å². The van der Waals surface area contributed by atoms with Crippen LogP contribution in [-0.2, 0) is 6.54 Å². The lowest BCUT2D eigenvalue weighted by molar-refractivity contribution is 0.681. The molecule has 3 nitrogen and oxygen atoms in total. The zero-order valence-corrected chi connectivity index (χ0v) is 12.4. The highest BCUT2D eigenvalue weighted by molar-refractivity contribution is 5.64. The Bertz CT molecular complexity index is 734. The Kier molecular flexibility index (Phi) is 3.48. The minimum atomic E-state index is 0.779. The number of rotatable bonds is 3. The maximum Gasteiger partial charge on any atom is 0.0664 e. The van der Waals surface area contributed by atoms with Crippen molar-refractivity contribution in [2.24, 2.45) is 0 Å². The Labute approximate surface area is 125 Å². The molecule has 106 valence electrons. The topological polar surface area (TPSA) is 43.8 Å².